The molecular weight excluding hydrogens is 204 g/mol. The van der Waals surface area contributed by atoms with Gasteiger partial charge in [-0.15, -0.1) is 11.3 Å². The molecule has 84 valence electrons. The lowest BCUT2D eigenvalue weighted by molar-refractivity contribution is 0.158. The van der Waals surface area contributed by atoms with Crippen LogP contribution in [-0.2, 0) is 0 Å². The lowest BCUT2D eigenvalue weighted by atomic mass is 10.0. The highest BCUT2D eigenvalue weighted by Crippen LogP contribution is 2.26. The molecule has 1 aromatic rings. The average molecular weight is 224 g/mol. The molecule has 1 aliphatic heterocycles. The molecule has 1 fully saturated rings. The number of nitrogens with zero attached hydrogens (tertiary/aromatic N) is 1. The van der Waals surface area contributed by atoms with Gasteiger partial charge in [0, 0.05) is 23.5 Å². The fraction of sp³-hybridized carbons (Fsp3) is 0.667. The molecule has 2 rings (SSSR count). The molecule has 1 N–H and O–H groups in total. The van der Waals surface area contributed by atoms with Crippen LogP contribution in [0, 0.1) is 0 Å². The van der Waals surface area contributed by atoms with Crippen molar-refractivity contribution in [3.63, 3.8) is 0 Å². The molecule has 15 heavy (non-hydrogen) atoms. The van der Waals surface area contributed by atoms with E-state index < -0.39 is 0 Å². The van der Waals surface area contributed by atoms with Gasteiger partial charge >= 0.3 is 0 Å². The van der Waals surface area contributed by atoms with Gasteiger partial charge < -0.3 is 5.32 Å². The quantitative estimate of drug-likeness (QED) is 0.848. The second kappa shape index (κ2) is 5.10. The van der Waals surface area contributed by atoms with Crippen LogP contribution in [0.2, 0.25) is 0 Å². The summed E-state index contributed by atoms with van der Waals surface area (Å²) < 4.78 is 0. The Bertz CT molecular complexity index is 278. The van der Waals surface area contributed by atoms with Crippen molar-refractivity contribution >= 4 is 11.3 Å². The topological polar surface area (TPSA) is 15.3 Å². The number of piperidine rings is 1. The first-order valence-electron chi connectivity index (χ1n) is 5.75. The van der Waals surface area contributed by atoms with Crippen molar-refractivity contribution in [3.05, 3.63) is 22.4 Å². The Kier molecular flexibility index (Phi) is 3.78. The third-order valence-electron chi connectivity index (χ3n) is 3.41. The summed E-state index contributed by atoms with van der Waals surface area (Å²) in [5.74, 6) is 0. The van der Waals surface area contributed by atoms with Crippen molar-refractivity contribution in [2.24, 2.45) is 0 Å². The molecule has 2 heterocycles. The molecule has 1 aliphatic rings. The predicted octanol–water partition coefficient (Wildman–Crippen LogP) is 2.49. The van der Waals surface area contributed by atoms with Gasteiger partial charge in [0.25, 0.3) is 0 Å². The first-order chi connectivity index (χ1) is 7.29. The van der Waals surface area contributed by atoms with Crippen LogP contribution in [0.15, 0.2) is 17.5 Å². The molecule has 2 atom stereocenters. The molecule has 0 spiro atoms. The van der Waals surface area contributed by atoms with E-state index in [9.17, 15) is 0 Å². The van der Waals surface area contributed by atoms with Gasteiger partial charge in [0.2, 0.25) is 0 Å². The summed E-state index contributed by atoms with van der Waals surface area (Å²) in [6, 6.07) is 5.64. The summed E-state index contributed by atoms with van der Waals surface area (Å²) in [4.78, 5) is 3.99. The van der Waals surface area contributed by atoms with E-state index in [1.807, 2.05) is 11.3 Å². The van der Waals surface area contributed by atoms with Crippen molar-refractivity contribution in [1.82, 2.24) is 10.2 Å². The van der Waals surface area contributed by atoms with E-state index in [0.29, 0.717) is 12.1 Å². The first-order valence-corrected chi connectivity index (χ1v) is 6.63. The van der Waals surface area contributed by atoms with Gasteiger partial charge in [-0.05, 0) is 44.8 Å². The molecule has 0 bridgehead atoms. The van der Waals surface area contributed by atoms with Crippen LogP contribution in [0.1, 0.15) is 30.7 Å². The van der Waals surface area contributed by atoms with E-state index in [-0.39, 0.29) is 0 Å². The Hall–Kier alpha value is -0.380. The number of nitrogens with one attached hydrogen (secondary N) is 1. The monoisotopic (exact) mass is 224 g/mol. The molecule has 1 aromatic heterocycles. The summed E-state index contributed by atoms with van der Waals surface area (Å²) in [5, 5.41) is 5.64. The van der Waals surface area contributed by atoms with Gasteiger partial charge in [0.05, 0.1) is 0 Å². The lowest BCUT2D eigenvalue weighted by Crippen LogP contribution is -2.44. The minimum Gasteiger partial charge on any atom is -0.315 e. The second-order valence-electron chi connectivity index (χ2n) is 4.36. The van der Waals surface area contributed by atoms with Crippen molar-refractivity contribution in [3.8, 4) is 0 Å². The molecule has 0 aliphatic carbocycles. The van der Waals surface area contributed by atoms with Gasteiger partial charge in [-0.2, -0.15) is 0 Å². The standard InChI is InChI=1S/C12H20N2S/c1-10(12-6-4-8-15-12)14(2)11-5-3-7-13-9-11/h4,6,8,10-11,13H,3,5,7,9H2,1-2H3/t10-,11+/m1/s1. The normalized spacial score (nSPS) is 24.3. The van der Waals surface area contributed by atoms with E-state index >= 15 is 0 Å². The van der Waals surface area contributed by atoms with Crippen molar-refractivity contribution in [2.45, 2.75) is 31.8 Å². The lowest BCUT2D eigenvalue weighted by Gasteiger charge is -2.35. The van der Waals surface area contributed by atoms with Crippen molar-refractivity contribution in [2.75, 3.05) is 20.1 Å². The molecule has 1 saturated heterocycles. The van der Waals surface area contributed by atoms with Crippen LogP contribution >= 0.6 is 11.3 Å². The maximum atomic E-state index is 3.48. The Balaban J connectivity index is 1.97. The summed E-state index contributed by atoms with van der Waals surface area (Å²) in [5.41, 5.74) is 0. The third kappa shape index (κ3) is 2.60. The highest BCUT2D eigenvalue weighted by molar-refractivity contribution is 7.10. The smallest absolute Gasteiger partial charge is 0.0413 e. The SMILES string of the molecule is C[C@H](c1cccs1)N(C)[C@H]1CCCNC1. The van der Waals surface area contributed by atoms with E-state index in [1.54, 1.807) is 0 Å². The highest BCUT2D eigenvalue weighted by Gasteiger charge is 2.22. The van der Waals surface area contributed by atoms with E-state index in [0.717, 1.165) is 6.54 Å². The summed E-state index contributed by atoms with van der Waals surface area (Å²) in [6.07, 6.45) is 2.64. The van der Waals surface area contributed by atoms with E-state index in [1.165, 1.54) is 24.3 Å². The van der Waals surface area contributed by atoms with Crippen LogP contribution in [0.3, 0.4) is 0 Å². The zero-order valence-electron chi connectivity index (χ0n) is 9.57. The summed E-state index contributed by atoms with van der Waals surface area (Å²) in [6.45, 7) is 4.64. The molecule has 0 aromatic carbocycles. The minimum absolute atomic E-state index is 0.551. The molecule has 2 nitrogen and oxygen atoms in total. The maximum Gasteiger partial charge on any atom is 0.0413 e. The average Bonchev–Trinajstić information content (AvgIpc) is 2.82. The minimum atomic E-state index is 0.551. The molecule has 0 amide bonds. The van der Waals surface area contributed by atoms with E-state index in [2.05, 4.69) is 41.7 Å². The van der Waals surface area contributed by atoms with Crippen LogP contribution in [-0.4, -0.2) is 31.1 Å². The van der Waals surface area contributed by atoms with Crippen molar-refractivity contribution < 1.29 is 0 Å². The first kappa shape index (κ1) is 11.1. The number of hydrogen-bond acceptors (Lipinski definition) is 3. The molecule has 0 radical (unpaired) electrons. The Morgan fingerprint density at radius 2 is 2.47 bits per heavy atom. The summed E-state index contributed by atoms with van der Waals surface area (Å²) in [7, 11) is 2.25. The van der Waals surface area contributed by atoms with Gasteiger partial charge in [-0.3, -0.25) is 4.90 Å². The second-order valence-corrected chi connectivity index (χ2v) is 5.34. The van der Waals surface area contributed by atoms with Crippen LogP contribution in [0.5, 0.6) is 0 Å². The Labute approximate surface area is 96.3 Å². The van der Waals surface area contributed by atoms with E-state index in [4.69, 9.17) is 0 Å². The van der Waals surface area contributed by atoms with Gasteiger partial charge in [-0.1, -0.05) is 6.07 Å². The number of thiophene rings is 1. The van der Waals surface area contributed by atoms with Gasteiger partial charge in [0.15, 0.2) is 0 Å². The maximum absolute atomic E-state index is 3.48. The molecule has 0 unspecified atom stereocenters. The Morgan fingerprint density at radius 1 is 1.60 bits per heavy atom. The Morgan fingerprint density at radius 3 is 3.07 bits per heavy atom. The fourth-order valence-electron chi connectivity index (χ4n) is 2.23. The van der Waals surface area contributed by atoms with Gasteiger partial charge in [-0.25, -0.2) is 0 Å². The molecule has 3 heteroatoms. The summed E-state index contributed by atoms with van der Waals surface area (Å²) >= 11 is 1.86. The molecule has 0 saturated carbocycles. The number of hydrogen-bond donors (Lipinski definition) is 1. The number of rotatable bonds is 3. The zero-order chi connectivity index (χ0) is 10.7. The third-order valence-corrected chi connectivity index (χ3v) is 4.46. The largest absolute Gasteiger partial charge is 0.315 e. The van der Waals surface area contributed by atoms with Crippen LogP contribution in [0.25, 0.3) is 0 Å². The predicted molar refractivity (Wildman–Crippen MR) is 66.4 cm³/mol. The fourth-order valence-corrected chi connectivity index (χ4v) is 3.06. The zero-order valence-corrected chi connectivity index (χ0v) is 10.4. The molecular formula is C12H20N2S. The highest BCUT2D eigenvalue weighted by atomic mass is 32.1. The number of likely N-dealkylation sites (N-methyl/N-ethyl adjacent to an activating group) is 1. The van der Waals surface area contributed by atoms with Crippen molar-refractivity contribution in [1.29, 1.82) is 0 Å². The van der Waals surface area contributed by atoms with Crippen LogP contribution in [0.4, 0.5) is 0 Å². The van der Waals surface area contributed by atoms with Gasteiger partial charge in [0.1, 0.15) is 0 Å². The van der Waals surface area contributed by atoms with Crippen LogP contribution < -0.4 is 5.32 Å².